The van der Waals surface area contributed by atoms with Crippen LogP contribution in [0, 0.1) is 18.8 Å². The fourth-order valence-electron chi connectivity index (χ4n) is 6.10. The van der Waals surface area contributed by atoms with E-state index >= 15 is 0 Å². The van der Waals surface area contributed by atoms with Crippen LogP contribution in [0.15, 0.2) is 72.8 Å². The summed E-state index contributed by atoms with van der Waals surface area (Å²) in [6.07, 6.45) is -4.57. The third kappa shape index (κ3) is 5.57. The molecule has 3 aromatic rings. The van der Waals surface area contributed by atoms with Crippen LogP contribution in [0.25, 0.3) is 0 Å². The molecule has 0 saturated carbocycles. The molecule has 0 spiro atoms. The largest absolute Gasteiger partial charge is 0.480 e. The van der Waals surface area contributed by atoms with Crippen LogP contribution in [0.2, 0.25) is 0 Å². The first kappa shape index (κ1) is 30.5. The Morgan fingerprint density at radius 2 is 1.70 bits per heavy atom. The van der Waals surface area contributed by atoms with Gasteiger partial charge in [-0.2, -0.15) is 13.2 Å². The number of nitrogens with two attached hydrogens (primary N) is 1. The third-order valence-corrected chi connectivity index (χ3v) is 8.05. The molecule has 230 valence electrons. The Morgan fingerprint density at radius 1 is 1.02 bits per heavy atom. The van der Waals surface area contributed by atoms with Crippen molar-refractivity contribution in [2.24, 2.45) is 17.6 Å². The van der Waals surface area contributed by atoms with E-state index in [1.54, 1.807) is 43.3 Å². The third-order valence-electron chi connectivity index (χ3n) is 8.05. The average Bonchev–Trinajstić information content (AvgIpc) is 3.45. The van der Waals surface area contributed by atoms with Gasteiger partial charge in [-0.05, 0) is 67.3 Å². The molecule has 4 unspecified atom stereocenters. The summed E-state index contributed by atoms with van der Waals surface area (Å²) in [5.41, 5.74) is 3.74. The minimum absolute atomic E-state index is 0.0397. The Morgan fingerprint density at radius 3 is 2.36 bits per heavy atom. The number of carboxylic acids is 1. The zero-order valence-electron chi connectivity index (χ0n) is 23.4. The number of aryl methyl sites for hydroxylation is 1. The lowest BCUT2D eigenvalue weighted by molar-refractivity contribution is -0.149. The summed E-state index contributed by atoms with van der Waals surface area (Å²) >= 11 is 0. The van der Waals surface area contributed by atoms with Gasteiger partial charge in [0.25, 0.3) is 0 Å². The summed E-state index contributed by atoms with van der Waals surface area (Å²) in [4.78, 5) is 53.2. The number of hydrogen-bond donors (Lipinski definition) is 4. The number of carboxylic acid groups (broad SMARTS) is 1. The maximum atomic E-state index is 14.0. The summed E-state index contributed by atoms with van der Waals surface area (Å²) in [6.45, 7) is 1.77. The highest BCUT2D eigenvalue weighted by Gasteiger charge is 2.68. The van der Waals surface area contributed by atoms with Gasteiger partial charge < -0.3 is 20.9 Å². The van der Waals surface area contributed by atoms with Gasteiger partial charge in [-0.25, -0.2) is 9.69 Å². The molecule has 2 fully saturated rings. The number of anilines is 1. The number of aliphatic carboxylic acids is 1. The number of carbonyl (C=O) groups is 4. The molecule has 4 atom stereocenters. The van der Waals surface area contributed by atoms with E-state index in [4.69, 9.17) is 10.5 Å². The first-order chi connectivity index (χ1) is 20.8. The zero-order valence-corrected chi connectivity index (χ0v) is 23.4. The van der Waals surface area contributed by atoms with Crippen LogP contribution in [0.4, 0.5) is 23.7 Å². The second-order valence-electron chi connectivity index (χ2n) is 10.8. The number of amides is 4. The molecular weight excluding hydrogens is 581 g/mol. The van der Waals surface area contributed by atoms with Crippen molar-refractivity contribution < 1.29 is 42.2 Å². The quantitative estimate of drug-likeness (QED) is 0.205. The van der Waals surface area contributed by atoms with Gasteiger partial charge >= 0.3 is 18.2 Å². The second-order valence-corrected chi connectivity index (χ2v) is 10.8. The van der Waals surface area contributed by atoms with Crippen LogP contribution in [0.3, 0.4) is 0 Å². The Hall–Kier alpha value is -4.91. The van der Waals surface area contributed by atoms with Crippen molar-refractivity contribution >= 4 is 29.5 Å². The molecule has 0 radical (unpaired) electrons. The summed E-state index contributed by atoms with van der Waals surface area (Å²) in [5.74, 6) is -4.98. The number of urea groups is 1. The Bertz CT molecular complexity index is 1630. The maximum absolute atomic E-state index is 14.0. The smallest absolute Gasteiger partial charge is 0.416 e. The van der Waals surface area contributed by atoms with Crippen molar-refractivity contribution in [2.45, 2.75) is 37.5 Å². The van der Waals surface area contributed by atoms with Crippen LogP contribution < -0.4 is 26.0 Å². The van der Waals surface area contributed by atoms with E-state index < -0.39 is 59.0 Å². The molecule has 5 N–H and O–H groups in total. The fourth-order valence-corrected chi connectivity index (χ4v) is 6.10. The molecule has 13 heteroatoms. The minimum Gasteiger partial charge on any atom is -0.480 e. The van der Waals surface area contributed by atoms with E-state index in [-0.39, 0.29) is 30.9 Å². The molecular formula is C31H29F3N4O6. The normalized spacial score (nSPS) is 23.0. The zero-order chi connectivity index (χ0) is 31.8. The minimum atomic E-state index is -4.57. The molecule has 44 heavy (non-hydrogen) atoms. The monoisotopic (exact) mass is 610 g/mol. The van der Waals surface area contributed by atoms with Gasteiger partial charge in [0.05, 0.1) is 23.1 Å². The van der Waals surface area contributed by atoms with E-state index in [1.165, 1.54) is 24.3 Å². The number of alkyl halides is 3. The Balaban J connectivity index is 1.54. The number of carbonyl (C=O) groups excluding carboxylic acids is 3. The highest BCUT2D eigenvalue weighted by Crippen LogP contribution is 2.52. The molecule has 2 saturated heterocycles. The average molecular weight is 611 g/mol. The van der Waals surface area contributed by atoms with Crippen LogP contribution >= 0.6 is 0 Å². The molecule has 3 aromatic carbocycles. The predicted molar refractivity (Wildman–Crippen MR) is 152 cm³/mol. The van der Waals surface area contributed by atoms with Crippen LogP contribution in [0.1, 0.15) is 35.6 Å². The van der Waals surface area contributed by atoms with Gasteiger partial charge in [0.1, 0.15) is 17.0 Å². The second kappa shape index (κ2) is 11.6. The highest BCUT2D eigenvalue weighted by atomic mass is 19.4. The lowest BCUT2D eigenvalue weighted by Gasteiger charge is -2.31. The van der Waals surface area contributed by atoms with E-state index in [1.807, 2.05) is 0 Å². The van der Waals surface area contributed by atoms with Crippen molar-refractivity contribution in [1.29, 1.82) is 0 Å². The molecule has 10 nitrogen and oxygen atoms in total. The van der Waals surface area contributed by atoms with Crippen molar-refractivity contribution in [3.63, 3.8) is 0 Å². The van der Waals surface area contributed by atoms with Crippen molar-refractivity contribution in [2.75, 3.05) is 11.4 Å². The van der Waals surface area contributed by atoms with E-state index in [9.17, 15) is 37.5 Å². The van der Waals surface area contributed by atoms with Gasteiger partial charge in [-0.1, -0.05) is 36.4 Å². The lowest BCUT2D eigenvalue weighted by Crippen LogP contribution is -2.56. The highest BCUT2D eigenvalue weighted by molar-refractivity contribution is 6.24. The molecule has 5 rings (SSSR count). The van der Waals surface area contributed by atoms with Crippen LogP contribution in [-0.2, 0) is 20.6 Å². The number of rotatable bonds is 9. The standard InChI is InChI=1S/C31H29F3N4O6/c1-17-7-2-3-12-22(17)38-26(39)23-24(27(38)40)30(28(41)42,13-6-14-36-29(35)43)37-25(23)18-8-4-10-20(15-18)44-21-11-5-9-19(16-21)31(32,33)34/h2-5,7-12,15-16,23-25,37H,6,13-14H2,1H3,(H,41,42)(H3,35,36,43). The number of halogens is 3. The first-order valence-corrected chi connectivity index (χ1v) is 13.8. The molecule has 0 aliphatic carbocycles. The van der Waals surface area contributed by atoms with Gasteiger partial charge in [-0.15, -0.1) is 0 Å². The van der Waals surface area contributed by atoms with Crippen LogP contribution in [0.5, 0.6) is 11.5 Å². The number of fused-ring (bicyclic) bond motifs is 1. The number of ether oxygens (including phenoxy) is 1. The summed E-state index contributed by atoms with van der Waals surface area (Å²) in [7, 11) is 0. The van der Waals surface area contributed by atoms with Gasteiger partial charge in [0.2, 0.25) is 11.8 Å². The lowest BCUT2D eigenvalue weighted by atomic mass is 9.77. The molecule has 0 bridgehead atoms. The molecule has 2 aliphatic rings. The molecule has 2 heterocycles. The number of nitrogens with zero attached hydrogens (tertiary/aromatic N) is 1. The van der Waals surface area contributed by atoms with E-state index in [0.29, 0.717) is 16.8 Å². The van der Waals surface area contributed by atoms with Crippen molar-refractivity contribution in [1.82, 2.24) is 10.6 Å². The number of para-hydroxylation sites is 1. The number of imide groups is 1. The number of benzene rings is 3. The Kier molecular flexibility index (Phi) is 8.08. The number of nitrogens with one attached hydrogen (secondary N) is 2. The Labute approximate surface area is 250 Å². The predicted octanol–water partition coefficient (Wildman–Crippen LogP) is 4.53. The van der Waals surface area contributed by atoms with Crippen LogP contribution in [-0.4, -0.2) is 41.0 Å². The summed E-state index contributed by atoms with van der Waals surface area (Å²) in [6, 6.07) is 15.5. The first-order valence-electron chi connectivity index (χ1n) is 13.8. The molecule has 2 aliphatic heterocycles. The van der Waals surface area contributed by atoms with Gasteiger partial charge in [0.15, 0.2) is 0 Å². The van der Waals surface area contributed by atoms with Crippen molar-refractivity contribution in [3.8, 4) is 11.5 Å². The number of hydrogen-bond acceptors (Lipinski definition) is 6. The van der Waals surface area contributed by atoms with Gasteiger partial charge in [0, 0.05) is 12.6 Å². The molecule has 0 aromatic heterocycles. The maximum Gasteiger partial charge on any atom is 0.416 e. The topological polar surface area (TPSA) is 151 Å². The van der Waals surface area contributed by atoms with E-state index in [0.717, 1.165) is 17.0 Å². The summed E-state index contributed by atoms with van der Waals surface area (Å²) in [5, 5.41) is 16.0. The molecule has 4 amide bonds. The van der Waals surface area contributed by atoms with Crippen molar-refractivity contribution in [3.05, 3.63) is 89.5 Å². The summed E-state index contributed by atoms with van der Waals surface area (Å²) < 4.78 is 45.4. The van der Waals surface area contributed by atoms with E-state index in [2.05, 4.69) is 10.6 Å². The van der Waals surface area contributed by atoms with Gasteiger partial charge in [-0.3, -0.25) is 19.7 Å². The number of primary amides is 1. The SMILES string of the molecule is Cc1ccccc1N1C(=O)C2C(c3cccc(Oc4cccc(C(F)(F)F)c4)c3)NC(CCCNC(N)=O)(C(=O)O)C2C1=O. The fraction of sp³-hybridized carbons (Fsp3) is 0.290.